The molecular weight excluding hydrogens is 356 g/mol. The molecule has 1 aliphatic heterocycles. The zero-order valence-electron chi connectivity index (χ0n) is 15.5. The Bertz CT molecular complexity index is 997. The Morgan fingerprint density at radius 2 is 2.00 bits per heavy atom. The molecule has 0 spiro atoms. The lowest BCUT2D eigenvalue weighted by Crippen LogP contribution is -2.49. The number of aromatic nitrogens is 2. The van der Waals surface area contributed by atoms with E-state index in [-0.39, 0.29) is 18.4 Å². The van der Waals surface area contributed by atoms with Crippen LogP contribution in [0.3, 0.4) is 0 Å². The number of methoxy groups -OCH3 is 1. The van der Waals surface area contributed by atoms with Gasteiger partial charge < -0.3 is 19.5 Å². The Kier molecular flexibility index (Phi) is 4.80. The minimum atomic E-state index is -0.151. The van der Waals surface area contributed by atoms with E-state index in [2.05, 4.69) is 10.3 Å². The summed E-state index contributed by atoms with van der Waals surface area (Å²) in [6.45, 7) is 1.06. The second kappa shape index (κ2) is 7.56. The van der Waals surface area contributed by atoms with Gasteiger partial charge in [0.05, 0.1) is 25.7 Å². The molecule has 7 heteroatoms. The van der Waals surface area contributed by atoms with Gasteiger partial charge in [-0.15, -0.1) is 0 Å². The van der Waals surface area contributed by atoms with E-state index in [1.54, 1.807) is 30.6 Å². The van der Waals surface area contributed by atoms with Crippen molar-refractivity contribution < 1.29 is 14.3 Å². The fourth-order valence-corrected chi connectivity index (χ4v) is 3.29. The van der Waals surface area contributed by atoms with Crippen molar-refractivity contribution >= 4 is 11.8 Å². The van der Waals surface area contributed by atoms with Crippen molar-refractivity contribution in [2.24, 2.45) is 0 Å². The Morgan fingerprint density at radius 1 is 1.18 bits per heavy atom. The summed E-state index contributed by atoms with van der Waals surface area (Å²) >= 11 is 0. The Labute approximate surface area is 162 Å². The van der Waals surface area contributed by atoms with Gasteiger partial charge in [0, 0.05) is 36.6 Å². The smallest absolute Gasteiger partial charge is 0.254 e. The lowest BCUT2D eigenvalue weighted by Gasteiger charge is -2.27. The van der Waals surface area contributed by atoms with Gasteiger partial charge in [-0.2, -0.15) is 0 Å². The van der Waals surface area contributed by atoms with E-state index >= 15 is 0 Å². The number of imidazole rings is 1. The highest BCUT2D eigenvalue weighted by Crippen LogP contribution is 2.30. The van der Waals surface area contributed by atoms with Crippen molar-refractivity contribution in [3.05, 3.63) is 66.7 Å². The van der Waals surface area contributed by atoms with Crippen LogP contribution in [-0.2, 0) is 4.79 Å². The molecule has 1 fully saturated rings. The molecule has 1 aromatic heterocycles. The van der Waals surface area contributed by atoms with Crippen molar-refractivity contribution in [3.8, 4) is 22.6 Å². The van der Waals surface area contributed by atoms with Gasteiger partial charge in [0.2, 0.25) is 5.91 Å². The van der Waals surface area contributed by atoms with Crippen LogP contribution in [0.15, 0.2) is 61.2 Å². The molecule has 2 heterocycles. The number of nitrogens with one attached hydrogen (secondary N) is 1. The number of amides is 2. The number of ether oxygens (including phenoxy) is 1. The van der Waals surface area contributed by atoms with Crippen LogP contribution in [0.5, 0.6) is 5.75 Å². The molecule has 0 atom stereocenters. The van der Waals surface area contributed by atoms with Crippen LogP contribution < -0.4 is 10.1 Å². The van der Waals surface area contributed by atoms with Gasteiger partial charge in [-0.05, 0) is 35.9 Å². The first kappa shape index (κ1) is 17.8. The minimum Gasteiger partial charge on any atom is -0.497 e. The third-order valence-corrected chi connectivity index (χ3v) is 4.75. The summed E-state index contributed by atoms with van der Waals surface area (Å²) in [4.78, 5) is 30.3. The lowest BCUT2D eigenvalue weighted by molar-refractivity contribution is -0.123. The number of hydrogen-bond donors (Lipinski definition) is 1. The summed E-state index contributed by atoms with van der Waals surface area (Å²) in [6, 6.07) is 13.2. The number of carbonyl (C=O) groups is 2. The summed E-state index contributed by atoms with van der Waals surface area (Å²) < 4.78 is 7.15. The van der Waals surface area contributed by atoms with Crippen molar-refractivity contribution in [1.29, 1.82) is 0 Å². The molecule has 28 heavy (non-hydrogen) atoms. The van der Waals surface area contributed by atoms with E-state index in [0.29, 0.717) is 18.7 Å². The molecule has 0 saturated carbocycles. The van der Waals surface area contributed by atoms with Crippen LogP contribution in [0.25, 0.3) is 16.8 Å². The Balaban J connectivity index is 1.75. The molecule has 7 nitrogen and oxygen atoms in total. The van der Waals surface area contributed by atoms with Crippen LogP contribution in [0, 0.1) is 0 Å². The summed E-state index contributed by atoms with van der Waals surface area (Å²) in [5.41, 5.74) is 3.31. The average molecular weight is 376 g/mol. The minimum absolute atomic E-state index is 0.0833. The number of hydrogen-bond acceptors (Lipinski definition) is 4. The van der Waals surface area contributed by atoms with Gasteiger partial charge in [0.25, 0.3) is 5.91 Å². The average Bonchev–Trinajstić information content (AvgIpc) is 3.27. The molecule has 1 saturated heterocycles. The van der Waals surface area contributed by atoms with Crippen LogP contribution >= 0.6 is 0 Å². The number of nitrogens with zero attached hydrogens (tertiary/aromatic N) is 3. The Hall–Kier alpha value is -3.61. The predicted molar refractivity (Wildman–Crippen MR) is 104 cm³/mol. The summed E-state index contributed by atoms with van der Waals surface area (Å²) in [6.07, 6.45) is 5.29. The van der Waals surface area contributed by atoms with Crippen LogP contribution in [0.4, 0.5) is 0 Å². The molecule has 0 unspecified atom stereocenters. The first-order valence-corrected chi connectivity index (χ1v) is 8.98. The first-order chi connectivity index (χ1) is 13.7. The number of benzene rings is 2. The van der Waals surface area contributed by atoms with E-state index in [1.807, 2.05) is 47.2 Å². The standard InChI is InChI=1S/C21H20N4O3/c1-28-17-5-2-15(3-6-17)18-12-16(4-7-19(18)25-10-8-22-14-25)21(27)24-11-9-23-20(26)13-24/h2-8,10,12,14H,9,11,13H2,1H3,(H,23,26). The molecule has 1 aliphatic rings. The number of rotatable bonds is 4. The monoisotopic (exact) mass is 376 g/mol. The molecule has 1 N–H and O–H groups in total. The maximum absolute atomic E-state index is 12.9. The summed E-state index contributed by atoms with van der Waals surface area (Å²) in [7, 11) is 1.62. The van der Waals surface area contributed by atoms with Gasteiger partial charge in [0.1, 0.15) is 5.75 Å². The van der Waals surface area contributed by atoms with E-state index in [9.17, 15) is 9.59 Å². The van der Waals surface area contributed by atoms with Crippen molar-refractivity contribution in [2.45, 2.75) is 0 Å². The van der Waals surface area contributed by atoms with Crippen LogP contribution in [0.2, 0.25) is 0 Å². The molecule has 0 bridgehead atoms. The highest BCUT2D eigenvalue weighted by Gasteiger charge is 2.23. The number of piperazine rings is 1. The van der Waals surface area contributed by atoms with Gasteiger partial charge in [-0.25, -0.2) is 4.98 Å². The molecule has 3 aromatic rings. The van der Waals surface area contributed by atoms with Crippen molar-refractivity contribution in [1.82, 2.24) is 19.8 Å². The van der Waals surface area contributed by atoms with Gasteiger partial charge in [-0.3, -0.25) is 9.59 Å². The zero-order valence-corrected chi connectivity index (χ0v) is 15.5. The van der Waals surface area contributed by atoms with Gasteiger partial charge in [-0.1, -0.05) is 12.1 Å². The second-order valence-corrected chi connectivity index (χ2v) is 6.51. The van der Waals surface area contributed by atoms with Crippen molar-refractivity contribution in [3.63, 3.8) is 0 Å². The highest BCUT2D eigenvalue weighted by atomic mass is 16.5. The quantitative estimate of drug-likeness (QED) is 0.757. The molecule has 4 rings (SSSR count). The first-order valence-electron chi connectivity index (χ1n) is 8.98. The van der Waals surface area contributed by atoms with Crippen molar-refractivity contribution in [2.75, 3.05) is 26.7 Å². The summed E-state index contributed by atoms with van der Waals surface area (Å²) in [5.74, 6) is 0.478. The van der Waals surface area contributed by atoms with Crippen LogP contribution in [-0.4, -0.2) is 53.0 Å². The lowest BCUT2D eigenvalue weighted by atomic mass is 9.99. The third-order valence-electron chi connectivity index (χ3n) is 4.75. The van der Waals surface area contributed by atoms with E-state index < -0.39 is 0 Å². The maximum Gasteiger partial charge on any atom is 0.254 e. The number of carbonyl (C=O) groups excluding carboxylic acids is 2. The molecule has 2 amide bonds. The third kappa shape index (κ3) is 3.46. The second-order valence-electron chi connectivity index (χ2n) is 6.51. The maximum atomic E-state index is 12.9. The van der Waals surface area contributed by atoms with Gasteiger partial charge >= 0.3 is 0 Å². The fourth-order valence-electron chi connectivity index (χ4n) is 3.29. The molecule has 0 aliphatic carbocycles. The molecule has 0 radical (unpaired) electrons. The van der Waals surface area contributed by atoms with Crippen LogP contribution in [0.1, 0.15) is 10.4 Å². The molecular formula is C21H20N4O3. The molecule has 142 valence electrons. The topological polar surface area (TPSA) is 76.5 Å². The summed E-state index contributed by atoms with van der Waals surface area (Å²) in [5, 5.41) is 2.74. The SMILES string of the molecule is COc1ccc(-c2cc(C(=O)N3CCNC(=O)C3)ccc2-n2ccnc2)cc1. The highest BCUT2D eigenvalue weighted by molar-refractivity contribution is 5.98. The van der Waals surface area contributed by atoms with E-state index in [1.165, 1.54) is 0 Å². The van der Waals surface area contributed by atoms with Gasteiger partial charge in [0.15, 0.2) is 0 Å². The normalized spacial score (nSPS) is 13.9. The largest absolute Gasteiger partial charge is 0.497 e. The van der Waals surface area contributed by atoms with E-state index in [0.717, 1.165) is 22.6 Å². The predicted octanol–water partition coefficient (Wildman–Crippen LogP) is 2.12. The van der Waals surface area contributed by atoms with E-state index in [4.69, 9.17) is 4.74 Å². The zero-order chi connectivity index (χ0) is 19.5. The Morgan fingerprint density at radius 3 is 2.68 bits per heavy atom. The fraction of sp³-hybridized carbons (Fsp3) is 0.190. The molecule has 2 aromatic carbocycles.